The maximum atomic E-state index is 13.8. The number of aryl methyl sites for hydroxylation is 2. The summed E-state index contributed by atoms with van der Waals surface area (Å²) in [5.41, 5.74) is 7.83. The summed E-state index contributed by atoms with van der Waals surface area (Å²) in [4.78, 5) is 40.7. The lowest BCUT2D eigenvalue weighted by atomic mass is 9.85. The molecule has 3 aromatic carbocycles. The van der Waals surface area contributed by atoms with Gasteiger partial charge in [0.15, 0.2) is 5.78 Å². The summed E-state index contributed by atoms with van der Waals surface area (Å²) in [6.07, 6.45) is 4.23. The molecule has 2 fully saturated rings. The zero-order valence-electron chi connectivity index (χ0n) is 20.6. The van der Waals surface area contributed by atoms with Gasteiger partial charge in [-0.2, -0.15) is 0 Å². The first-order valence-corrected chi connectivity index (χ1v) is 12.4. The highest BCUT2D eigenvalue weighted by atomic mass is 16.2. The van der Waals surface area contributed by atoms with Gasteiger partial charge >= 0.3 is 0 Å². The molecule has 0 unspecified atom stereocenters. The van der Waals surface area contributed by atoms with Crippen molar-refractivity contribution in [3.63, 3.8) is 0 Å². The van der Waals surface area contributed by atoms with Crippen LogP contribution in [0.1, 0.15) is 39.5 Å². The van der Waals surface area contributed by atoms with Crippen molar-refractivity contribution in [2.75, 3.05) is 4.90 Å². The fraction of sp³-hybridized carbons (Fsp3) is 0.219. The van der Waals surface area contributed by atoms with Crippen LogP contribution in [-0.2, 0) is 9.59 Å². The maximum Gasteiger partial charge on any atom is 0.238 e. The fourth-order valence-corrected chi connectivity index (χ4v) is 6.16. The molecule has 6 rings (SSSR count). The molecular weight excluding hydrogens is 446 g/mol. The molecule has 4 nitrogen and oxygen atoms in total. The van der Waals surface area contributed by atoms with Gasteiger partial charge in [0.25, 0.3) is 0 Å². The second-order valence-corrected chi connectivity index (χ2v) is 10.2. The number of anilines is 1. The quantitative estimate of drug-likeness (QED) is 0.268. The Kier molecular flexibility index (Phi) is 5.15. The number of nitrogens with zero attached hydrogens (tertiary/aromatic N) is 1. The molecule has 2 aliphatic carbocycles. The largest absolute Gasteiger partial charge is 0.295 e. The Balaban J connectivity index is 1.47. The van der Waals surface area contributed by atoms with E-state index in [1.165, 1.54) is 23.0 Å². The number of ketones is 1. The molecule has 4 heteroatoms. The summed E-state index contributed by atoms with van der Waals surface area (Å²) in [6, 6.07) is 23.8. The average Bonchev–Trinajstić information content (AvgIpc) is 3.50. The van der Waals surface area contributed by atoms with Crippen LogP contribution in [0.25, 0.3) is 5.57 Å². The molecule has 1 aliphatic heterocycles. The van der Waals surface area contributed by atoms with Crippen LogP contribution >= 0.6 is 0 Å². The van der Waals surface area contributed by atoms with E-state index >= 15 is 0 Å². The number of hydrogen-bond donors (Lipinski definition) is 0. The Hall–Kier alpha value is -4.05. The standard InChI is InChI=1S/C32H27NO3/c1-18-7-11-21(12-8-18)27(22-13-9-19(2)10-14-22)28-25-15-16-26(28)30-29(25)31(35)33(32(30)36)24-6-4-5-23(17-24)20(3)34/h4-17,25-26,29-30H,1-3H3/t25-,26+,29-,30+. The number of carbonyl (C=O) groups excluding carboxylic acids is 3. The first-order chi connectivity index (χ1) is 17.3. The van der Waals surface area contributed by atoms with Gasteiger partial charge in [0.05, 0.1) is 17.5 Å². The number of rotatable bonds is 4. The molecule has 1 heterocycles. The highest BCUT2D eigenvalue weighted by Gasteiger charge is 2.62. The van der Waals surface area contributed by atoms with Gasteiger partial charge < -0.3 is 0 Å². The number of allylic oxidation sites excluding steroid dienone is 3. The van der Waals surface area contributed by atoms with E-state index in [0.29, 0.717) is 11.3 Å². The predicted octanol–water partition coefficient (Wildman–Crippen LogP) is 5.93. The van der Waals surface area contributed by atoms with E-state index in [9.17, 15) is 14.4 Å². The topological polar surface area (TPSA) is 54.5 Å². The minimum absolute atomic E-state index is 0.0936. The van der Waals surface area contributed by atoms with Gasteiger partial charge in [0, 0.05) is 17.4 Å². The summed E-state index contributed by atoms with van der Waals surface area (Å²) in [7, 11) is 0. The Morgan fingerprint density at radius 2 is 1.19 bits per heavy atom. The molecule has 3 aliphatic rings. The van der Waals surface area contributed by atoms with Crippen LogP contribution in [0.3, 0.4) is 0 Å². The maximum absolute atomic E-state index is 13.8. The predicted molar refractivity (Wildman–Crippen MR) is 140 cm³/mol. The minimum Gasteiger partial charge on any atom is -0.295 e. The zero-order chi connectivity index (χ0) is 25.1. The molecule has 178 valence electrons. The van der Waals surface area contributed by atoms with Crippen LogP contribution in [0.4, 0.5) is 5.69 Å². The SMILES string of the molecule is CC(=O)c1cccc(N2C(=O)[C@@H]3[C@H](C2=O)[C@@H]2C=C[C@H]3C2=C(c2ccc(C)cc2)c2ccc(C)cc2)c1. The van der Waals surface area contributed by atoms with Gasteiger partial charge in [-0.25, -0.2) is 4.90 Å². The molecule has 1 saturated carbocycles. The van der Waals surface area contributed by atoms with E-state index < -0.39 is 11.8 Å². The van der Waals surface area contributed by atoms with Crippen molar-refractivity contribution in [3.05, 3.63) is 118 Å². The van der Waals surface area contributed by atoms with Crippen LogP contribution in [0.5, 0.6) is 0 Å². The monoisotopic (exact) mass is 473 g/mol. The first-order valence-electron chi connectivity index (χ1n) is 12.4. The third-order valence-corrected chi connectivity index (χ3v) is 7.90. The number of imide groups is 1. The molecule has 0 aromatic heterocycles. The van der Waals surface area contributed by atoms with Crippen molar-refractivity contribution >= 4 is 28.9 Å². The van der Waals surface area contributed by atoms with Crippen molar-refractivity contribution < 1.29 is 14.4 Å². The lowest BCUT2D eigenvalue weighted by molar-refractivity contribution is -0.122. The van der Waals surface area contributed by atoms with E-state index in [1.807, 2.05) is 0 Å². The second kappa shape index (κ2) is 8.27. The van der Waals surface area contributed by atoms with Gasteiger partial charge in [-0.05, 0) is 55.2 Å². The van der Waals surface area contributed by atoms with Crippen LogP contribution in [0.2, 0.25) is 0 Å². The lowest BCUT2D eigenvalue weighted by Crippen LogP contribution is -2.33. The second-order valence-electron chi connectivity index (χ2n) is 10.2. The average molecular weight is 474 g/mol. The number of hydrogen-bond acceptors (Lipinski definition) is 3. The first kappa shape index (κ1) is 22.4. The molecule has 1 saturated heterocycles. The van der Waals surface area contributed by atoms with Gasteiger partial charge in [0.2, 0.25) is 11.8 Å². The molecular formula is C32H27NO3. The van der Waals surface area contributed by atoms with Crippen LogP contribution in [0.15, 0.2) is 90.5 Å². The van der Waals surface area contributed by atoms with E-state index in [-0.39, 0.29) is 29.4 Å². The molecule has 3 aromatic rings. The van der Waals surface area contributed by atoms with Crippen molar-refractivity contribution in [3.8, 4) is 0 Å². The Morgan fingerprint density at radius 3 is 1.67 bits per heavy atom. The summed E-state index contributed by atoms with van der Waals surface area (Å²) in [5.74, 6) is -1.54. The number of fused-ring (bicyclic) bond motifs is 5. The number of amides is 2. The third-order valence-electron chi connectivity index (χ3n) is 7.90. The van der Waals surface area contributed by atoms with E-state index in [4.69, 9.17) is 0 Å². The number of Topliss-reactive ketones (excluding diaryl/α,β-unsaturated/α-hetero) is 1. The molecule has 36 heavy (non-hydrogen) atoms. The molecule has 2 amide bonds. The van der Waals surface area contributed by atoms with Crippen LogP contribution in [0, 0.1) is 37.5 Å². The van der Waals surface area contributed by atoms with Crippen molar-refractivity contribution in [1.29, 1.82) is 0 Å². The Morgan fingerprint density at radius 1 is 0.694 bits per heavy atom. The molecule has 0 N–H and O–H groups in total. The van der Waals surface area contributed by atoms with Gasteiger partial charge in [-0.15, -0.1) is 0 Å². The fourth-order valence-electron chi connectivity index (χ4n) is 6.16. The highest BCUT2D eigenvalue weighted by Crippen LogP contribution is 2.58. The van der Waals surface area contributed by atoms with Gasteiger partial charge in [-0.3, -0.25) is 14.4 Å². The van der Waals surface area contributed by atoms with E-state index in [1.54, 1.807) is 24.3 Å². The molecule has 2 bridgehead atoms. The van der Waals surface area contributed by atoms with E-state index in [0.717, 1.165) is 22.3 Å². The Bertz CT molecular complexity index is 1400. The molecule has 4 atom stereocenters. The van der Waals surface area contributed by atoms with Crippen molar-refractivity contribution in [1.82, 2.24) is 0 Å². The Labute approximate surface area is 211 Å². The minimum atomic E-state index is -0.422. The lowest BCUT2D eigenvalue weighted by Gasteiger charge is -2.22. The summed E-state index contributed by atoms with van der Waals surface area (Å²) in [5, 5.41) is 0. The third kappa shape index (κ3) is 3.32. The zero-order valence-corrected chi connectivity index (χ0v) is 20.6. The van der Waals surface area contributed by atoms with Gasteiger partial charge in [-0.1, -0.05) is 83.9 Å². The molecule has 0 spiro atoms. The van der Waals surface area contributed by atoms with Crippen molar-refractivity contribution in [2.45, 2.75) is 20.8 Å². The highest BCUT2D eigenvalue weighted by molar-refractivity contribution is 6.23. The van der Waals surface area contributed by atoms with Crippen LogP contribution < -0.4 is 4.90 Å². The van der Waals surface area contributed by atoms with Crippen LogP contribution in [-0.4, -0.2) is 17.6 Å². The normalized spacial score (nSPS) is 24.0. The summed E-state index contributed by atoms with van der Waals surface area (Å²) >= 11 is 0. The number of benzene rings is 3. The summed E-state index contributed by atoms with van der Waals surface area (Å²) < 4.78 is 0. The van der Waals surface area contributed by atoms with Crippen molar-refractivity contribution in [2.24, 2.45) is 23.7 Å². The molecule has 0 radical (unpaired) electrons. The smallest absolute Gasteiger partial charge is 0.238 e. The summed E-state index contributed by atoms with van der Waals surface area (Å²) in [6.45, 7) is 5.63. The van der Waals surface area contributed by atoms with Gasteiger partial charge in [0.1, 0.15) is 0 Å². The number of carbonyl (C=O) groups is 3. The van der Waals surface area contributed by atoms with E-state index in [2.05, 4.69) is 74.5 Å².